The third-order valence-electron chi connectivity index (χ3n) is 13.1. The minimum atomic E-state index is 0.0106. The number of hydrogen-bond acceptors (Lipinski definition) is 7. The highest BCUT2D eigenvalue weighted by Gasteiger charge is 2.52. The highest BCUT2D eigenvalue weighted by Crippen LogP contribution is 2.56. The number of hydrogen-bond donors (Lipinski definition) is 4. The van der Waals surface area contributed by atoms with E-state index in [9.17, 15) is 4.79 Å². The van der Waals surface area contributed by atoms with E-state index in [4.69, 9.17) is 31.4 Å². The summed E-state index contributed by atoms with van der Waals surface area (Å²) in [4.78, 5) is 12.9. The molecule has 0 bridgehead atoms. The van der Waals surface area contributed by atoms with Crippen LogP contribution in [0.2, 0.25) is 0 Å². The van der Waals surface area contributed by atoms with E-state index in [1.54, 1.807) is 0 Å². The van der Waals surface area contributed by atoms with Gasteiger partial charge in [0.15, 0.2) is 0 Å². The Morgan fingerprint density at radius 1 is 0.788 bits per heavy atom. The fraction of sp³-hybridized carbons (Fsp3) is 0.977. The fourth-order valence-corrected chi connectivity index (χ4v) is 8.93. The molecule has 0 aromatic rings. The van der Waals surface area contributed by atoms with Crippen LogP contribution in [0.4, 0.5) is 0 Å². The molecule has 8 atom stereocenters. The summed E-state index contributed by atoms with van der Waals surface area (Å²) in [6.07, 6.45) is 20.8. The van der Waals surface area contributed by atoms with Crippen molar-refractivity contribution in [2.24, 2.45) is 51.7 Å². The first-order valence-electron chi connectivity index (χ1n) is 22.2. The second-order valence-electron chi connectivity index (χ2n) is 17.4. The molecular weight excluding hydrogens is 649 g/mol. The maximum Gasteiger partial charge on any atom is 0.220 e. The van der Waals surface area contributed by atoms with Crippen LogP contribution in [-0.4, -0.2) is 70.2 Å². The van der Waals surface area contributed by atoms with Crippen LogP contribution in [0.15, 0.2) is 0 Å². The number of nitrogens with two attached hydrogens (primary N) is 3. The normalized spacial score (nSPS) is 22.3. The van der Waals surface area contributed by atoms with E-state index in [0.29, 0.717) is 62.9 Å². The first kappa shape index (κ1) is 49.2. The van der Waals surface area contributed by atoms with Gasteiger partial charge in [0, 0.05) is 32.8 Å². The lowest BCUT2D eigenvalue weighted by Crippen LogP contribution is -2.47. The first-order valence-corrected chi connectivity index (χ1v) is 22.2. The van der Waals surface area contributed by atoms with Gasteiger partial charge in [-0.2, -0.15) is 0 Å². The monoisotopic (exact) mass is 739 g/mol. The van der Waals surface area contributed by atoms with Gasteiger partial charge >= 0.3 is 0 Å². The Morgan fingerprint density at radius 2 is 1.37 bits per heavy atom. The molecule has 1 aliphatic carbocycles. The third kappa shape index (κ3) is 18.2. The molecule has 0 aliphatic heterocycles. The summed E-state index contributed by atoms with van der Waals surface area (Å²) in [6.45, 7) is 24.0. The van der Waals surface area contributed by atoms with E-state index < -0.39 is 0 Å². The predicted molar refractivity (Wildman–Crippen MR) is 221 cm³/mol. The number of ether oxygens (including phenoxy) is 3. The smallest absolute Gasteiger partial charge is 0.220 e. The minimum absolute atomic E-state index is 0.0106. The van der Waals surface area contributed by atoms with Crippen LogP contribution in [-0.2, 0) is 19.0 Å². The molecule has 1 fully saturated rings. The summed E-state index contributed by atoms with van der Waals surface area (Å²) in [5, 5.41) is 3.22. The van der Waals surface area contributed by atoms with Crippen molar-refractivity contribution in [1.82, 2.24) is 5.32 Å². The molecule has 1 rings (SSSR count). The summed E-state index contributed by atoms with van der Waals surface area (Å²) < 4.78 is 19.8. The predicted octanol–water partition coefficient (Wildman–Crippen LogP) is 9.16. The largest absolute Gasteiger partial charge is 0.378 e. The molecule has 310 valence electrons. The van der Waals surface area contributed by atoms with Crippen molar-refractivity contribution < 1.29 is 19.0 Å². The maximum atomic E-state index is 12.9. The van der Waals surface area contributed by atoms with Gasteiger partial charge in [0.25, 0.3) is 0 Å². The lowest BCUT2D eigenvalue weighted by atomic mass is 9.61. The number of unbranched alkanes of at least 4 members (excludes halogenated alkanes) is 5. The average molecular weight is 739 g/mol. The molecule has 0 spiro atoms. The van der Waals surface area contributed by atoms with E-state index in [1.807, 2.05) is 0 Å². The quantitative estimate of drug-likeness (QED) is 0.0484. The molecule has 8 heteroatoms. The summed E-state index contributed by atoms with van der Waals surface area (Å²) in [6, 6.07) is 0. The average Bonchev–Trinajstić information content (AvgIpc) is 3.44. The van der Waals surface area contributed by atoms with Gasteiger partial charge in [-0.25, -0.2) is 0 Å². The van der Waals surface area contributed by atoms with Crippen molar-refractivity contribution in [3.8, 4) is 0 Å². The molecule has 0 heterocycles. The van der Waals surface area contributed by atoms with E-state index in [1.165, 1.54) is 44.9 Å². The van der Waals surface area contributed by atoms with Gasteiger partial charge in [-0.1, -0.05) is 87.5 Å². The molecule has 1 amide bonds. The minimum Gasteiger partial charge on any atom is -0.378 e. The van der Waals surface area contributed by atoms with Gasteiger partial charge in [-0.3, -0.25) is 4.79 Å². The van der Waals surface area contributed by atoms with Crippen LogP contribution in [0.1, 0.15) is 177 Å². The van der Waals surface area contributed by atoms with Crippen LogP contribution >= 0.6 is 0 Å². The van der Waals surface area contributed by atoms with Crippen LogP contribution in [0, 0.1) is 34.5 Å². The molecule has 0 aromatic heterocycles. The third-order valence-corrected chi connectivity index (χ3v) is 13.1. The van der Waals surface area contributed by atoms with Gasteiger partial charge in [-0.05, 0) is 138 Å². The summed E-state index contributed by atoms with van der Waals surface area (Å²) in [7, 11) is 0. The van der Waals surface area contributed by atoms with Crippen LogP contribution in [0.25, 0.3) is 0 Å². The van der Waals surface area contributed by atoms with Gasteiger partial charge < -0.3 is 36.7 Å². The van der Waals surface area contributed by atoms with E-state index >= 15 is 0 Å². The molecule has 0 saturated heterocycles. The van der Waals surface area contributed by atoms with Crippen molar-refractivity contribution in [3.63, 3.8) is 0 Å². The van der Waals surface area contributed by atoms with Crippen LogP contribution in [0.5, 0.6) is 0 Å². The summed E-state index contributed by atoms with van der Waals surface area (Å²) in [5.41, 5.74) is 17.7. The SMILES string of the molecule is CCCCCCCCNC(=O)CC[C@@H](C)[C@H]1CC[C@@H](C)[C@]1(C)[C@H](C[C@@H](C[C@@H](CC)OCCCN)C(C)(C)CC[C@H](CC)OCCCN)OCCCN. The summed E-state index contributed by atoms with van der Waals surface area (Å²) in [5.74, 6) is 2.11. The van der Waals surface area contributed by atoms with Gasteiger partial charge in [0.05, 0.1) is 18.3 Å². The van der Waals surface area contributed by atoms with Crippen molar-refractivity contribution in [2.75, 3.05) is 46.0 Å². The molecular formula is C44H90N4O4. The molecule has 1 saturated carbocycles. The summed E-state index contributed by atoms with van der Waals surface area (Å²) >= 11 is 0. The van der Waals surface area contributed by atoms with Crippen molar-refractivity contribution in [2.45, 2.75) is 196 Å². The number of nitrogens with one attached hydrogen (secondary N) is 1. The number of carbonyl (C=O) groups is 1. The highest BCUT2D eigenvalue weighted by molar-refractivity contribution is 5.75. The van der Waals surface area contributed by atoms with Crippen LogP contribution < -0.4 is 22.5 Å². The first-order chi connectivity index (χ1) is 24.9. The standard InChI is InChI=1S/C44H90N4O4/c1-9-12-13-14-15-16-29-48-42(49)23-20-35(4)40-22-21-36(5)44(40,8)41(52-32-19-28-47)34-37(33-39(11-3)51-31-18-27-46)43(6,7)25-24-38(10-2)50-30-17-26-45/h35-41H,9-34,45-47H2,1-8H3,(H,48,49)/t35-,36-,37-,38+,39-,40-,41+,44+/m1/s1. The molecule has 52 heavy (non-hydrogen) atoms. The maximum absolute atomic E-state index is 12.9. The van der Waals surface area contributed by atoms with Crippen molar-refractivity contribution >= 4 is 5.91 Å². The Bertz CT molecular complexity index is 875. The van der Waals surface area contributed by atoms with E-state index in [2.05, 4.69) is 60.7 Å². The molecule has 8 nitrogen and oxygen atoms in total. The Kier molecular flexibility index (Phi) is 27.1. The Morgan fingerprint density at radius 3 is 1.96 bits per heavy atom. The number of amides is 1. The molecule has 0 aromatic carbocycles. The van der Waals surface area contributed by atoms with Crippen molar-refractivity contribution in [3.05, 3.63) is 0 Å². The van der Waals surface area contributed by atoms with Gasteiger partial charge in [-0.15, -0.1) is 0 Å². The topological polar surface area (TPSA) is 135 Å². The Balaban J connectivity index is 3.23. The number of rotatable bonds is 34. The lowest BCUT2D eigenvalue weighted by molar-refractivity contribution is -0.122. The van der Waals surface area contributed by atoms with Gasteiger partial charge in [0.1, 0.15) is 0 Å². The zero-order chi connectivity index (χ0) is 38.8. The zero-order valence-electron chi connectivity index (χ0n) is 35.8. The second kappa shape index (κ2) is 28.6. The number of carbonyl (C=O) groups excluding carboxylic acids is 1. The molecule has 0 unspecified atom stereocenters. The highest BCUT2D eigenvalue weighted by atomic mass is 16.5. The molecule has 0 radical (unpaired) electrons. The Labute approximate surface area is 322 Å². The van der Waals surface area contributed by atoms with E-state index in [0.717, 1.165) is 83.8 Å². The molecule has 1 aliphatic rings. The van der Waals surface area contributed by atoms with Gasteiger partial charge in [0.2, 0.25) is 5.91 Å². The van der Waals surface area contributed by atoms with Crippen LogP contribution in [0.3, 0.4) is 0 Å². The lowest BCUT2D eigenvalue weighted by Gasteiger charge is -2.48. The molecule has 7 N–H and O–H groups in total. The zero-order valence-corrected chi connectivity index (χ0v) is 35.8. The Hall–Kier alpha value is -0.770. The second-order valence-corrected chi connectivity index (χ2v) is 17.4. The van der Waals surface area contributed by atoms with Crippen molar-refractivity contribution in [1.29, 1.82) is 0 Å². The van der Waals surface area contributed by atoms with E-state index in [-0.39, 0.29) is 35.0 Å². The fourth-order valence-electron chi connectivity index (χ4n) is 8.93.